The highest BCUT2D eigenvalue weighted by molar-refractivity contribution is 7.86. The van der Waals surface area contributed by atoms with Gasteiger partial charge in [0.2, 0.25) is 0 Å². The summed E-state index contributed by atoms with van der Waals surface area (Å²) >= 11 is 0. The zero-order chi connectivity index (χ0) is 14.8. The average Bonchev–Trinajstić information content (AvgIpc) is 2.25. The molecule has 0 unspecified atom stereocenters. The Morgan fingerprint density at radius 3 is 1.90 bits per heavy atom. The molecule has 0 atom stereocenters. The second kappa shape index (κ2) is 7.43. The number of hydrogen-bond acceptors (Lipinski definition) is 3. The van der Waals surface area contributed by atoms with Crippen molar-refractivity contribution in [2.45, 2.75) is 64.4 Å². The molecule has 0 aliphatic carbocycles. The summed E-state index contributed by atoms with van der Waals surface area (Å²) in [5, 5.41) is 0. The monoisotopic (exact) mass is 320 g/mol. The van der Waals surface area contributed by atoms with Gasteiger partial charge in [-0.1, -0.05) is 39.8 Å². The zero-order valence-corrected chi connectivity index (χ0v) is 14.6. The van der Waals surface area contributed by atoms with Gasteiger partial charge in [-0.2, -0.15) is 8.42 Å². The maximum absolute atomic E-state index is 12.3. The Labute approximate surface area is 129 Å². The molecule has 0 saturated heterocycles. The van der Waals surface area contributed by atoms with Crippen LogP contribution in [0.15, 0.2) is 23.1 Å². The molecule has 5 heteroatoms. The summed E-state index contributed by atoms with van der Waals surface area (Å²) in [6.07, 6.45) is -0.354. The predicted octanol–water partition coefficient (Wildman–Crippen LogP) is 4.47. The van der Waals surface area contributed by atoms with Gasteiger partial charge in [-0.25, -0.2) is 0 Å². The van der Waals surface area contributed by atoms with Crippen molar-refractivity contribution in [3.8, 4) is 0 Å². The maximum Gasteiger partial charge on any atom is 0.297 e. The topological polar surface area (TPSA) is 43.4 Å². The van der Waals surface area contributed by atoms with Crippen molar-refractivity contribution >= 4 is 22.5 Å². The second-order valence-electron chi connectivity index (χ2n) is 5.67. The normalized spacial score (nSPS) is 12.1. The van der Waals surface area contributed by atoms with Crippen LogP contribution in [0.3, 0.4) is 0 Å². The van der Waals surface area contributed by atoms with Crippen LogP contribution in [0.25, 0.3) is 0 Å². The standard InChI is InChI=1S/C15H24O3S.ClH/c1-10(2)13-8-7-9-14(15(13)11(3)4)19(16,17)18-12(5)6;/h7-12H,1-6H3;1H. The van der Waals surface area contributed by atoms with Crippen molar-refractivity contribution in [1.29, 1.82) is 0 Å². The Morgan fingerprint density at radius 1 is 0.950 bits per heavy atom. The minimum absolute atomic E-state index is 0. The molecule has 0 N–H and O–H groups in total. The third kappa shape index (κ3) is 4.47. The molecular formula is C15H25ClO3S. The van der Waals surface area contributed by atoms with E-state index in [0.29, 0.717) is 4.90 Å². The highest BCUT2D eigenvalue weighted by atomic mass is 35.5. The highest BCUT2D eigenvalue weighted by Crippen LogP contribution is 2.32. The summed E-state index contributed by atoms with van der Waals surface area (Å²) in [5.74, 6) is 0.422. The molecule has 0 radical (unpaired) electrons. The third-order valence-corrected chi connectivity index (χ3v) is 4.42. The third-order valence-electron chi connectivity index (χ3n) is 2.89. The molecule has 0 aromatic heterocycles. The molecular weight excluding hydrogens is 296 g/mol. The van der Waals surface area contributed by atoms with E-state index in [0.717, 1.165) is 11.1 Å². The fourth-order valence-corrected chi connectivity index (χ4v) is 3.68. The first-order chi connectivity index (χ1) is 8.66. The maximum atomic E-state index is 12.3. The van der Waals surface area contributed by atoms with Gasteiger partial charge in [0.15, 0.2) is 0 Å². The van der Waals surface area contributed by atoms with Crippen molar-refractivity contribution < 1.29 is 12.6 Å². The number of rotatable bonds is 5. The molecule has 116 valence electrons. The SMILES string of the molecule is CC(C)OS(=O)(=O)c1cccc(C(C)C)c1C(C)C.Cl. The predicted molar refractivity (Wildman–Crippen MR) is 85.3 cm³/mol. The van der Waals surface area contributed by atoms with E-state index < -0.39 is 10.1 Å². The fourth-order valence-electron chi connectivity index (χ4n) is 2.21. The van der Waals surface area contributed by atoms with Crippen LogP contribution < -0.4 is 0 Å². The summed E-state index contributed by atoms with van der Waals surface area (Å²) in [4.78, 5) is 0.308. The molecule has 20 heavy (non-hydrogen) atoms. The lowest BCUT2D eigenvalue weighted by molar-refractivity contribution is 0.248. The first kappa shape index (κ1) is 19.4. The lowest BCUT2D eigenvalue weighted by atomic mass is 9.91. The van der Waals surface area contributed by atoms with E-state index in [2.05, 4.69) is 13.8 Å². The van der Waals surface area contributed by atoms with Crippen molar-refractivity contribution in [1.82, 2.24) is 0 Å². The van der Waals surface area contributed by atoms with E-state index in [1.807, 2.05) is 19.9 Å². The molecule has 0 aliphatic heterocycles. The quantitative estimate of drug-likeness (QED) is 0.752. The van der Waals surface area contributed by atoms with Crippen LogP contribution in [0.2, 0.25) is 0 Å². The Morgan fingerprint density at radius 2 is 1.50 bits per heavy atom. The highest BCUT2D eigenvalue weighted by Gasteiger charge is 2.25. The molecule has 0 aliphatic rings. The van der Waals surface area contributed by atoms with E-state index in [9.17, 15) is 8.42 Å². The molecule has 0 spiro atoms. The lowest BCUT2D eigenvalue weighted by Gasteiger charge is -2.20. The van der Waals surface area contributed by atoms with Gasteiger partial charge in [-0.15, -0.1) is 12.4 Å². The van der Waals surface area contributed by atoms with Crippen LogP contribution in [0.1, 0.15) is 64.5 Å². The Hall–Kier alpha value is -0.580. The van der Waals surface area contributed by atoms with E-state index in [4.69, 9.17) is 4.18 Å². The molecule has 1 rings (SSSR count). The molecule has 0 bridgehead atoms. The van der Waals surface area contributed by atoms with E-state index >= 15 is 0 Å². The van der Waals surface area contributed by atoms with Gasteiger partial charge >= 0.3 is 0 Å². The Balaban J connectivity index is 0.00000361. The number of benzene rings is 1. The van der Waals surface area contributed by atoms with Gasteiger partial charge in [-0.3, -0.25) is 4.18 Å². The lowest BCUT2D eigenvalue weighted by Crippen LogP contribution is -2.16. The first-order valence-corrected chi connectivity index (χ1v) is 8.13. The minimum Gasteiger partial charge on any atom is -0.264 e. The molecule has 1 aromatic rings. The van der Waals surface area contributed by atoms with E-state index in [1.165, 1.54) is 0 Å². The van der Waals surface area contributed by atoms with Crippen LogP contribution in [-0.4, -0.2) is 14.5 Å². The van der Waals surface area contributed by atoms with Gasteiger partial charge in [0.25, 0.3) is 10.1 Å². The molecule has 3 nitrogen and oxygen atoms in total. The molecule has 0 saturated carbocycles. The fraction of sp³-hybridized carbons (Fsp3) is 0.600. The summed E-state index contributed by atoms with van der Waals surface area (Å²) in [6.45, 7) is 11.6. The second-order valence-corrected chi connectivity index (χ2v) is 7.21. The van der Waals surface area contributed by atoms with Crippen LogP contribution in [-0.2, 0) is 14.3 Å². The molecule has 0 amide bonds. The molecule has 1 aromatic carbocycles. The van der Waals surface area contributed by atoms with Crippen LogP contribution in [0.5, 0.6) is 0 Å². The summed E-state index contributed by atoms with van der Waals surface area (Å²) < 4.78 is 29.8. The van der Waals surface area contributed by atoms with E-state index in [1.54, 1.807) is 26.0 Å². The van der Waals surface area contributed by atoms with Crippen molar-refractivity contribution in [3.63, 3.8) is 0 Å². The van der Waals surface area contributed by atoms with Gasteiger partial charge in [0.1, 0.15) is 0 Å². The van der Waals surface area contributed by atoms with Crippen LogP contribution in [0.4, 0.5) is 0 Å². The Kier molecular flexibility index (Phi) is 7.22. The van der Waals surface area contributed by atoms with Gasteiger partial charge in [0.05, 0.1) is 11.0 Å². The summed E-state index contributed by atoms with van der Waals surface area (Å²) in [7, 11) is -3.69. The van der Waals surface area contributed by atoms with Crippen molar-refractivity contribution in [2.24, 2.45) is 0 Å². The van der Waals surface area contributed by atoms with E-state index in [-0.39, 0.29) is 30.3 Å². The first-order valence-electron chi connectivity index (χ1n) is 6.73. The summed E-state index contributed by atoms with van der Waals surface area (Å²) in [6, 6.07) is 5.42. The largest absolute Gasteiger partial charge is 0.297 e. The molecule has 0 fully saturated rings. The van der Waals surface area contributed by atoms with Gasteiger partial charge < -0.3 is 0 Å². The van der Waals surface area contributed by atoms with Crippen molar-refractivity contribution in [2.75, 3.05) is 0 Å². The minimum atomic E-state index is -3.69. The number of hydrogen-bond donors (Lipinski definition) is 0. The van der Waals surface area contributed by atoms with Crippen molar-refractivity contribution in [3.05, 3.63) is 29.3 Å². The van der Waals surface area contributed by atoms with Crippen LogP contribution in [0, 0.1) is 0 Å². The molecule has 0 heterocycles. The smallest absolute Gasteiger partial charge is 0.264 e. The van der Waals surface area contributed by atoms with Gasteiger partial charge in [-0.05, 0) is 42.9 Å². The zero-order valence-electron chi connectivity index (χ0n) is 13.0. The van der Waals surface area contributed by atoms with Crippen LogP contribution >= 0.6 is 12.4 Å². The Bertz CT molecular complexity index is 534. The number of halogens is 1. The summed E-state index contributed by atoms with van der Waals surface area (Å²) in [5.41, 5.74) is 1.95. The van der Waals surface area contributed by atoms with Gasteiger partial charge in [0, 0.05) is 0 Å². The average molecular weight is 321 g/mol.